The summed E-state index contributed by atoms with van der Waals surface area (Å²) in [5.41, 5.74) is 4.03. The predicted octanol–water partition coefficient (Wildman–Crippen LogP) is 5.42. The van der Waals surface area contributed by atoms with Crippen LogP contribution in [-0.4, -0.2) is 28.2 Å². The highest BCUT2D eigenvalue weighted by Gasteiger charge is 2.17. The van der Waals surface area contributed by atoms with Crippen LogP contribution in [0.1, 0.15) is 21.5 Å². The summed E-state index contributed by atoms with van der Waals surface area (Å²) in [7, 11) is 1.53. The molecule has 6 nitrogen and oxygen atoms in total. The van der Waals surface area contributed by atoms with E-state index in [1.807, 2.05) is 37.3 Å². The van der Waals surface area contributed by atoms with Gasteiger partial charge in [0.25, 0.3) is 5.91 Å². The van der Waals surface area contributed by atoms with Gasteiger partial charge in [0.2, 0.25) is 0 Å². The second kappa shape index (κ2) is 8.94. The molecule has 0 radical (unpaired) electrons. The van der Waals surface area contributed by atoms with Crippen molar-refractivity contribution in [3.05, 3.63) is 71.3 Å². The van der Waals surface area contributed by atoms with Gasteiger partial charge >= 0.3 is 0 Å². The highest BCUT2D eigenvalue weighted by atomic mass is 32.1. The molecule has 32 heavy (non-hydrogen) atoms. The Balaban J connectivity index is 1.58. The number of hydrogen-bond donors (Lipinski definition) is 3. The van der Waals surface area contributed by atoms with Gasteiger partial charge in [-0.25, -0.2) is 4.98 Å². The number of methoxy groups -OCH3 is 1. The van der Waals surface area contributed by atoms with Crippen LogP contribution in [0, 0.1) is 13.8 Å². The van der Waals surface area contributed by atoms with Gasteiger partial charge < -0.3 is 15.2 Å². The van der Waals surface area contributed by atoms with Crippen molar-refractivity contribution in [1.82, 2.24) is 10.3 Å². The maximum atomic E-state index is 12.7. The number of ether oxygens (including phenoxy) is 1. The zero-order chi connectivity index (χ0) is 22.8. The third-order valence-electron chi connectivity index (χ3n) is 4.97. The van der Waals surface area contributed by atoms with Crippen molar-refractivity contribution in [3.8, 4) is 22.1 Å². The van der Waals surface area contributed by atoms with E-state index in [2.05, 4.69) is 15.6 Å². The van der Waals surface area contributed by atoms with E-state index >= 15 is 0 Å². The number of aromatic hydroxyl groups is 1. The maximum absolute atomic E-state index is 12.7. The Bertz CT molecular complexity index is 1310. The number of benzene rings is 3. The van der Waals surface area contributed by atoms with E-state index in [0.717, 1.165) is 15.8 Å². The smallest absolute Gasteiger partial charge is 0.261 e. The topological polar surface area (TPSA) is 83.5 Å². The van der Waals surface area contributed by atoms with Crippen LogP contribution in [-0.2, 0) is 0 Å². The monoisotopic (exact) mass is 463 g/mol. The molecule has 1 aromatic heterocycles. The average molecular weight is 464 g/mol. The van der Waals surface area contributed by atoms with E-state index in [9.17, 15) is 9.90 Å². The molecule has 0 aliphatic heterocycles. The van der Waals surface area contributed by atoms with Crippen molar-refractivity contribution < 1.29 is 14.6 Å². The van der Waals surface area contributed by atoms with E-state index in [1.165, 1.54) is 18.4 Å². The van der Waals surface area contributed by atoms with E-state index in [0.29, 0.717) is 33.1 Å². The van der Waals surface area contributed by atoms with Crippen molar-refractivity contribution >= 4 is 50.5 Å². The number of anilines is 1. The number of aryl methyl sites for hydroxylation is 2. The molecule has 3 aromatic carbocycles. The summed E-state index contributed by atoms with van der Waals surface area (Å²) in [6, 6.07) is 16.7. The van der Waals surface area contributed by atoms with Crippen LogP contribution in [0.3, 0.4) is 0 Å². The lowest BCUT2D eigenvalue weighted by molar-refractivity contribution is 0.0974. The van der Waals surface area contributed by atoms with Crippen LogP contribution in [0.15, 0.2) is 54.6 Å². The maximum Gasteiger partial charge on any atom is 0.261 e. The molecule has 0 saturated heterocycles. The van der Waals surface area contributed by atoms with Crippen molar-refractivity contribution in [2.24, 2.45) is 0 Å². The standard InChI is InChI=1S/C24H21N3O3S2/c1-13-7-6-8-16(21(13)30-3)22(29)27-24(31)25-15-11-14(2)20(28)17(12-15)23-26-18-9-4-5-10-19(18)32-23/h4-12,28H,1-3H3,(H2,25,27,29,31). The van der Waals surface area contributed by atoms with Gasteiger partial charge in [0, 0.05) is 5.69 Å². The van der Waals surface area contributed by atoms with E-state index < -0.39 is 0 Å². The van der Waals surface area contributed by atoms with Gasteiger partial charge in [-0.15, -0.1) is 11.3 Å². The minimum Gasteiger partial charge on any atom is -0.507 e. The van der Waals surface area contributed by atoms with Crippen LogP contribution in [0.4, 0.5) is 5.69 Å². The number of nitrogens with one attached hydrogen (secondary N) is 2. The van der Waals surface area contributed by atoms with Gasteiger partial charge in [-0.1, -0.05) is 24.3 Å². The SMILES string of the molecule is COc1c(C)cccc1C(=O)NC(=S)Nc1cc(C)c(O)c(-c2nc3ccccc3s2)c1. The number of thiazole rings is 1. The van der Waals surface area contributed by atoms with E-state index in [1.54, 1.807) is 31.2 Å². The number of para-hydroxylation sites is 2. The van der Waals surface area contributed by atoms with Crippen molar-refractivity contribution in [2.45, 2.75) is 13.8 Å². The first-order valence-electron chi connectivity index (χ1n) is 9.83. The number of aromatic nitrogens is 1. The van der Waals surface area contributed by atoms with Crippen LogP contribution in [0.25, 0.3) is 20.8 Å². The fourth-order valence-corrected chi connectivity index (χ4v) is 4.63. The Labute approximate surface area is 194 Å². The van der Waals surface area contributed by atoms with Gasteiger partial charge in [0.05, 0.1) is 28.5 Å². The lowest BCUT2D eigenvalue weighted by Crippen LogP contribution is -2.34. The van der Waals surface area contributed by atoms with E-state index in [4.69, 9.17) is 17.0 Å². The summed E-state index contributed by atoms with van der Waals surface area (Å²) in [4.78, 5) is 17.4. The molecule has 0 aliphatic rings. The second-order valence-electron chi connectivity index (χ2n) is 7.24. The first-order chi connectivity index (χ1) is 15.4. The van der Waals surface area contributed by atoms with Crippen LogP contribution in [0.5, 0.6) is 11.5 Å². The first-order valence-corrected chi connectivity index (χ1v) is 11.1. The molecule has 3 N–H and O–H groups in total. The molecule has 0 saturated carbocycles. The number of hydrogen-bond acceptors (Lipinski definition) is 6. The first kappa shape index (κ1) is 21.7. The van der Waals surface area contributed by atoms with Crippen molar-refractivity contribution in [2.75, 3.05) is 12.4 Å². The largest absolute Gasteiger partial charge is 0.507 e. The van der Waals surface area contributed by atoms with Gasteiger partial charge in [-0.3, -0.25) is 10.1 Å². The second-order valence-corrected chi connectivity index (χ2v) is 8.68. The molecular formula is C24H21N3O3S2. The van der Waals surface area contributed by atoms with Gasteiger partial charge in [-0.2, -0.15) is 0 Å². The number of rotatable bonds is 4. The summed E-state index contributed by atoms with van der Waals surface area (Å²) >= 11 is 6.85. The third kappa shape index (κ3) is 4.28. The lowest BCUT2D eigenvalue weighted by atomic mass is 10.1. The third-order valence-corrected chi connectivity index (χ3v) is 6.24. The van der Waals surface area contributed by atoms with Crippen molar-refractivity contribution in [3.63, 3.8) is 0 Å². The molecule has 4 rings (SSSR count). The molecule has 162 valence electrons. The average Bonchev–Trinajstić information content (AvgIpc) is 3.19. The summed E-state index contributed by atoms with van der Waals surface area (Å²) in [6.45, 7) is 3.67. The Morgan fingerprint density at radius 3 is 2.62 bits per heavy atom. The minimum absolute atomic E-state index is 0.138. The molecule has 1 amide bonds. The number of carbonyl (C=O) groups is 1. The molecule has 0 bridgehead atoms. The highest BCUT2D eigenvalue weighted by molar-refractivity contribution is 7.80. The Hall–Kier alpha value is -3.49. The molecule has 0 unspecified atom stereocenters. The quantitative estimate of drug-likeness (QED) is 0.277. The van der Waals surface area contributed by atoms with Crippen molar-refractivity contribution in [1.29, 1.82) is 0 Å². The number of fused-ring (bicyclic) bond motifs is 1. The fourth-order valence-electron chi connectivity index (χ4n) is 3.44. The molecule has 1 heterocycles. The van der Waals surface area contributed by atoms with Gasteiger partial charge in [-0.05, 0) is 67.5 Å². The number of carbonyl (C=O) groups excluding carboxylic acids is 1. The number of phenolic OH excluding ortho intramolecular Hbond substituents is 1. The molecule has 0 fully saturated rings. The summed E-state index contributed by atoms with van der Waals surface area (Å²) in [5, 5.41) is 17.2. The molecular weight excluding hydrogens is 442 g/mol. The zero-order valence-electron chi connectivity index (χ0n) is 17.7. The summed E-state index contributed by atoms with van der Waals surface area (Å²) < 4.78 is 6.39. The summed E-state index contributed by atoms with van der Waals surface area (Å²) in [5.74, 6) is 0.297. The van der Waals surface area contributed by atoms with E-state index in [-0.39, 0.29) is 16.8 Å². The molecule has 8 heteroatoms. The molecule has 0 aliphatic carbocycles. The van der Waals surface area contributed by atoms with Gasteiger partial charge in [0.15, 0.2) is 5.11 Å². The van der Waals surface area contributed by atoms with Crippen LogP contribution >= 0.6 is 23.6 Å². The molecule has 0 atom stereocenters. The summed E-state index contributed by atoms with van der Waals surface area (Å²) in [6.07, 6.45) is 0. The van der Waals surface area contributed by atoms with Crippen LogP contribution in [0.2, 0.25) is 0 Å². The predicted molar refractivity (Wildman–Crippen MR) is 133 cm³/mol. The fraction of sp³-hybridized carbons (Fsp3) is 0.125. The number of phenols is 1. The normalized spacial score (nSPS) is 10.7. The number of amides is 1. The number of thiocarbonyl (C=S) groups is 1. The number of nitrogens with zero attached hydrogens (tertiary/aromatic N) is 1. The highest BCUT2D eigenvalue weighted by Crippen LogP contribution is 2.38. The Morgan fingerprint density at radius 1 is 1.09 bits per heavy atom. The molecule has 4 aromatic rings. The Kier molecular flexibility index (Phi) is 6.07. The molecule has 0 spiro atoms. The van der Waals surface area contributed by atoms with Gasteiger partial charge in [0.1, 0.15) is 16.5 Å². The van der Waals surface area contributed by atoms with Crippen LogP contribution < -0.4 is 15.4 Å². The Morgan fingerprint density at radius 2 is 1.88 bits per heavy atom. The zero-order valence-corrected chi connectivity index (χ0v) is 19.4. The minimum atomic E-state index is -0.370. The lowest BCUT2D eigenvalue weighted by Gasteiger charge is -2.14.